The van der Waals surface area contributed by atoms with E-state index in [-0.39, 0.29) is 11.9 Å². The minimum absolute atomic E-state index is 0.0232. The Kier molecular flexibility index (Phi) is 7.94. The monoisotopic (exact) mass is 566 g/mol. The molecule has 6 heteroatoms. The van der Waals surface area contributed by atoms with Crippen LogP contribution < -0.4 is 4.74 Å². The first kappa shape index (κ1) is 26.7. The van der Waals surface area contributed by atoms with Gasteiger partial charge in [-0.15, -0.1) is 0 Å². The largest absolute Gasteiger partial charge is 0.488 e. The van der Waals surface area contributed by atoms with Gasteiger partial charge < -0.3 is 4.74 Å². The molecular weight excluding hydrogens is 536 g/mol. The average molecular weight is 567 g/mol. The predicted molar refractivity (Wildman–Crippen MR) is 167 cm³/mol. The second kappa shape index (κ2) is 11.9. The minimum Gasteiger partial charge on any atom is -0.488 e. The molecule has 2 aliphatic rings. The second-order valence-electron chi connectivity index (χ2n) is 10.5. The van der Waals surface area contributed by atoms with Crippen molar-refractivity contribution in [1.29, 1.82) is 0 Å². The molecular formula is C34H31ClN2O2S. The highest BCUT2D eigenvalue weighted by molar-refractivity contribution is 8.18. The highest BCUT2D eigenvalue weighted by Crippen LogP contribution is 2.42. The van der Waals surface area contributed by atoms with Gasteiger partial charge in [0.15, 0.2) is 5.17 Å². The van der Waals surface area contributed by atoms with Gasteiger partial charge in [0.1, 0.15) is 12.4 Å². The molecule has 0 spiro atoms. The third kappa shape index (κ3) is 5.67. The predicted octanol–water partition coefficient (Wildman–Crippen LogP) is 9.25. The van der Waals surface area contributed by atoms with Crippen molar-refractivity contribution in [2.24, 2.45) is 10.9 Å². The van der Waals surface area contributed by atoms with Crippen molar-refractivity contribution in [2.75, 3.05) is 0 Å². The lowest BCUT2D eigenvalue weighted by atomic mass is 9.85. The van der Waals surface area contributed by atoms with E-state index in [4.69, 9.17) is 21.3 Å². The topological polar surface area (TPSA) is 41.9 Å². The zero-order chi connectivity index (χ0) is 27.5. The van der Waals surface area contributed by atoms with Gasteiger partial charge in [-0.25, -0.2) is 4.99 Å². The first-order chi connectivity index (χ1) is 19.6. The van der Waals surface area contributed by atoms with Crippen LogP contribution in [0.2, 0.25) is 5.02 Å². The molecule has 1 heterocycles. The Morgan fingerprint density at radius 2 is 1.70 bits per heavy atom. The molecule has 1 aliphatic heterocycles. The van der Waals surface area contributed by atoms with Gasteiger partial charge >= 0.3 is 0 Å². The summed E-state index contributed by atoms with van der Waals surface area (Å²) in [6.45, 7) is 2.66. The summed E-state index contributed by atoms with van der Waals surface area (Å²) < 4.78 is 6.35. The first-order valence-corrected chi connectivity index (χ1v) is 15.0. The van der Waals surface area contributed by atoms with E-state index in [1.54, 1.807) is 0 Å². The summed E-state index contributed by atoms with van der Waals surface area (Å²) in [5, 5.41) is 3.59. The van der Waals surface area contributed by atoms with Crippen molar-refractivity contribution < 1.29 is 9.53 Å². The molecule has 2 atom stereocenters. The molecule has 0 bridgehead atoms. The number of amidine groups is 1. The molecule has 1 saturated carbocycles. The van der Waals surface area contributed by atoms with Crippen LogP contribution in [-0.4, -0.2) is 22.0 Å². The number of nitrogens with zero attached hydrogens (tertiary/aromatic N) is 2. The third-order valence-corrected chi connectivity index (χ3v) is 8.96. The molecule has 4 aromatic rings. The minimum atomic E-state index is 0.0232. The fourth-order valence-electron chi connectivity index (χ4n) is 5.57. The zero-order valence-corrected chi connectivity index (χ0v) is 24.0. The summed E-state index contributed by atoms with van der Waals surface area (Å²) in [6, 6.07) is 30.0. The SMILES string of the molecule is C[C@@H]1CCCC[C@H]1N1C(=O)/C(=C/c2c(OCc3ccc(Cl)cc3)ccc3ccccc23)SC1=Nc1ccccc1. The summed E-state index contributed by atoms with van der Waals surface area (Å²) in [5.74, 6) is 1.19. The second-order valence-corrected chi connectivity index (χ2v) is 11.9. The van der Waals surface area contributed by atoms with Crippen LogP contribution in [0.1, 0.15) is 43.7 Å². The molecule has 2 fully saturated rings. The van der Waals surface area contributed by atoms with Crippen LogP contribution in [-0.2, 0) is 11.4 Å². The van der Waals surface area contributed by atoms with E-state index >= 15 is 0 Å². The lowest BCUT2D eigenvalue weighted by molar-refractivity contribution is -0.124. The number of benzene rings is 4. The van der Waals surface area contributed by atoms with Crippen LogP contribution in [0.25, 0.3) is 16.8 Å². The van der Waals surface area contributed by atoms with E-state index < -0.39 is 0 Å². The van der Waals surface area contributed by atoms with Crippen LogP contribution >= 0.6 is 23.4 Å². The fraction of sp³-hybridized carbons (Fsp3) is 0.235. The highest BCUT2D eigenvalue weighted by atomic mass is 35.5. The summed E-state index contributed by atoms with van der Waals surface area (Å²) in [7, 11) is 0. The molecule has 1 aliphatic carbocycles. The Hall–Kier alpha value is -3.54. The van der Waals surface area contributed by atoms with E-state index in [9.17, 15) is 4.79 Å². The smallest absolute Gasteiger partial charge is 0.267 e. The Labute approximate surface area is 244 Å². The molecule has 6 rings (SSSR count). The number of hydrogen-bond donors (Lipinski definition) is 0. The fourth-order valence-corrected chi connectivity index (χ4v) is 6.73. The highest BCUT2D eigenvalue weighted by Gasteiger charge is 2.41. The van der Waals surface area contributed by atoms with E-state index in [0.717, 1.165) is 57.8 Å². The van der Waals surface area contributed by atoms with Gasteiger partial charge in [0.2, 0.25) is 0 Å². The molecule has 1 amide bonds. The maximum Gasteiger partial charge on any atom is 0.267 e. The number of para-hydroxylation sites is 1. The van der Waals surface area contributed by atoms with Gasteiger partial charge in [-0.1, -0.05) is 92.0 Å². The number of fused-ring (bicyclic) bond motifs is 1. The Morgan fingerprint density at radius 1 is 0.950 bits per heavy atom. The van der Waals surface area contributed by atoms with Gasteiger partial charge in [0.05, 0.1) is 10.6 Å². The number of carbonyl (C=O) groups is 1. The lowest BCUT2D eigenvalue weighted by Gasteiger charge is -2.35. The van der Waals surface area contributed by atoms with Crippen molar-refractivity contribution in [3.8, 4) is 5.75 Å². The molecule has 202 valence electrons. The normalized spacial score (nSPS) is 21.4. The molecule has 0 radical (unpaired) electrons. The molecule has 1 saturated heterocycles. The van der Waals surface area contributed by atoms with E-state index in [1.165, 1.54) is 18.2 Å². The van der Waals surface area contributed by atoms with E-state index in [0.29, 0.717) is 22.5 Å². The average Bonchev–Trinajstić information content (AvgIpc) is 3.28. The summed E-state index contributed by atoms with van der Waals surface area (Å²) in [6.07, 6.45) is 6.47. The Balaban J connectivity index is 1.40. The van der Waals surface area contributed by atoms with Crippen LogP contribution in [0.15, 0.2) is 101 Å². The van der Waals surface area contributed by atoms with Crippen molar-refractivity contribution in [1.82, 2.24) is 4.90 Å². The van der Waals surface area contributed by atoms with Crippen LogP contribution in [0.3, 0.4) is 0 Å². The van der Waals surface area contributed by atoms with Crippen molar-refractivity contribution in [2.45, 2.75) is 45.3 Å². The summed E-state index contributed by atoms with van der Waals surface area (Å²) >= 11 is 7.53. The number of halogens is 1. The molecule has 0 N–H and O–H groups in total. The maximum atomic E-state index is 14.1. The van der Waals surface area contributed by atoms with Gasteiger partial charge in [0.25, 0.3) is 5.91 Å². The van der Waals surface area contributed by atoms with Gasteiger partial charge in [-0.3, -0.25) is 9.69 Å². The van der Waals surface area contributed by atoms with Crippen molar-refractivity contribution in [3.63, 3.8) is 0 Å². The summed E-state index contributed by atoms with van der Waals surface area (Å²) in [4.78, 5) is 21.7. The van der Waals surface area contributed by atoms with Gasteiger partial charge in [-0.05, 0) is 83.3 Å². The number of rotatable bonds is 6. The van der Waals surface area contributed by atoms with Crippen molar-refractivity contribution >= 4 is 57.0 Å². The standard InChI is InChI=1S/C34H31ClN2O2S/c1-23-9-5-8-14-30(23)37-33(38)32(40-34(37)36-27-11-3-2-4-12-27)21-29-28-13-7-6-10-25(28)17-20-31(29)39-22-24-15-18-26(35)19-16-24/h2-4,6-7,10-13,15-21,23,30H,5,8-9,14,22H2,1H3/b32-21-,36-34?/t23-,30-/m1/s1. The quantitative estimate of drug-likeness (QED) is 0.218. The van der Waals surface area contributed by atoms with Crippen LogP contribution in [0, 0.1) is 5.92 Å². The molecule has 4 nitrogen and oxygen atoms in total. The Bertz CT molecular complexity index is 1580. The molecule has 0 aromatic heterocycles. The van der Waals surface area contributed by atoms with Crippen molar-refractivity contribution in [3.05, 3.63) is 112 Å². The number of carbonyl (C=O) groups excluding carboxylic acids is 1. The number of aliphatic imine (C=N–C) groups is 1. The van der Waals surface area contributed by atoms with Crippen LogP contribution in [0.4, 0.5) is 5.69 Å². The summed E-state index contributed by atoms with van der Waals surface area (Å²) in [5.41, 5.74) is 2.78. The molecule has 4 aromatic carbocycles. The van der Waals surface area contributed by atoms with Gasteiger partial charge in [-0.2, -0.15) is 0 Å². The first-order valence-electron chi connectivity index (χ1n) is 13.8. The third-order valence-electron chi connectivity index (χ3n) is 7.73. The lowest BCUT2D eigenvalue weighted by Crippen LogP contribution is -2.44. The zero-order valence-electron chi connectivity index (χ0n) is 22.4. The number of thioether (sulfide) groups is 1. The molecule has 0 unspecified atom stereocenters. The van der Waals surface area contributed by atoms with E-state index in [1.807, 2.05) is 83.8 Å². The van der Waals surface area contributed by atoms with Gasteiger partial charge in [0, 0.05) is 16.6 Å². The van der Waals surface area contributed by atoms with E-state index in [2.05, 4.69) is 25.1 Å². The maximum absolute atomic E-state index is 14.1. The number of hydrogen-bond acceptors (Lipinski definition) is 4. The Morgan fingerprint density at radius 3 is 2.50 bits per heavy atom. The number of ether oxygens (including phenoxy) is 1. The van der Waals surface area contributed by atoms with Crippen LogP contribution in [0.5, 0.6) is 5.75 Å². The number of amides is 1. The molecule has 40 heavy (non-hydrogen) atoms.